The monoisotopic (exact) mass is 154 g/mol. The van der Waals surface area contributed by atoms with Crippen LogP contribution < -0.4 is 11.1 Å². The van der Waals surface area contributed by atoms with Crippen LogP contribution in [0.3, 0.4) is 0 Å². The maximum atomic E-state index is 10.2. The number of hydrogen-bond donors (Lipinski definition) is 3. The Morgan fingerprint density at radius 3 is 3.09 bits per heavy atom. The third-order valence-electron chi connectivity index (χ3n) is 1.19. The molecule has 11 heavy (non-hydrogen) atoms. The molecule has 0 saturated carbocycles. The summed E-state index contributed by atoms with van der Waals surface area (Å²) in [6.07, 6.45) is 1.69. The van der Waals surface area contributed by atoms with Crippen LogP contribution in [-0.2, 0) is 6.54 Å². The number of carbonyl (C=O) groups excluding carboxylic acids is 1. The van der Waals surface area contributed by atoms with Gasteiger partial charge in [0.2, 0.25) is 0 Å². The maximum Gasteiger partial charge on any atom is 0.312 e. The molecule has 0 aliphatic carbocycles. The normalized spacial score (nSPS) is 9.55. The average Bonchev–Trinajstić information content (AvgIpc) is 2.31. The molecule has 4 N–H and O–H groups in total. The predicted molar refractivity (Wildman–Crippen MR) is 39.7 cm³/mol. The van der Waals surface area contributed by atoms with Gasteiger partial charge in [-0.2, -0.15) is 0 Å². The first-order valence-corrected chi connectivity index (χ1v) is 3.22. The molecule has 0 fully saturated rings. The summed E-state index contributed by atoms with van der Waals surface area (Å²) in [5.41, 5.74) is 5.82. The van der Waals surface area contributed by atoms with Gasteiger partial charge in [0.15, 0.2) is 0 Å². The molecule has 60 valence electrons. The molecule has 0 aliphatic heterocycles. The molecule has 5 heteroatoms. The SMILES string of the molecule is Cc1cnc(CNC(N)=O)[nH]1. The molecule has 5 nitrogen and oxygen atoms in total. The van der Waals surface area contributed by atoms with Crippen LogP contribution in [0.25, 0.3) is 0 Å². The number of nitrogens with one attached hydrogen (secondary N) is 2. The van der Waals surface area contributed by atoms with Gasteiger partial charge < -0.3 is 16.0 Å². The molecule has 1 aromatic rings. The Labute approximate surface area is 64.0 Å². The number of carbonyl (C=O) groups is 1. The van der Waals surface area contributed by atoms with E-state index in [1.807, 2.05) is 6.92 Å². The van der Waals surface area contributed by atoms with Gasteiger partial charge in [-0.25, -0.2) is 9.78 Å². The minimum Gasteiger partial charge on any atom is -0.352 e. The summed E-state index contributed by atoms with van der Waals surface area (Å²) in [6, 6.07) is -0.543. The molecule has 0 aliphatic rings. The van der Waals surface area contributed by atoms with Crippen molar-refractivity contribution in [3.8, 4) is 0 Å². The van der Waals surface area contributed by atoms with E-state index >= 15 is 0 Å². The lowest BCUT2D eigenvalue weighted by molar-refractivity contribution is 0.248. The fourth-order valence-corrected chi connectivity index (χ4v) is 0.728. The number of rotatable bonds is 2. The molecule has 0 radical (unpaired) electrons. The van der Waals surface area contributed by atoms with Crippen molar-refractivity contribution < 1.29 is 4.79 Å². The van der Waals surface area contributed by atoms with Gasteiger partial charge in [-0.05, 0) is 6.92 Å². The number of aryl methyl sites for hydroxylation is 1. The molecular formula is C6H10N4O. The van der Waals surface area contributed by atoms with Crippen LogP contribution in [0.1, 0.15) is 11.5 Å². The number of urea groups is 1. The van der Waals surface area contributed by atoms with Crippen LogP contribution in [0.5, 0.6) is 0 Å². The fourth-order valence-electron chi connectivity index (χ4n) is 0.728. The van der Waals surface area contributed by atoms with E-state index in [-0.39, 0.29) is 0 Å². The molecule has 0 bridgehead atoms. The Balaban J connectivity index is 2.45. The molecule has 0 unspecified atom stereocenters. The van der Waals surface area contributed by atoms with Crippen LogP contribution in [0.2, 0.25) is 0 Å². The molecule has 1 rings (SSSR count). The minimum atomic E-state index is -0.543. The summed E-state index contributed by atoms with van der Waals surface area (Å²) in [6.45, 7) is 2.24. The van der Waals surface area contributed by atoms with Crippen molar-refractivity contribution in [3.05, 3.63) is 17.7 Å². The molecule has 2 amide bonds. The smallest absolute Gasteiger partial charge is 0.312 e. The van der Waals surface area contributed by atoms with Crippen molar-refractivity contribution in [2.24, 2.45) is 5.73 Å². The van der Waals surface area contributed by atoms with Crippen LogP contribution in [0, 0.1) is 6.92 Å². The topological polar surface area (TPSA) is 83.8 Å². The second-order valence-electron chi connectivity index (χ2n) is 2.23. The number of primary amides is 1. The lowest BCUT2D eigenvalue weighted by Gasteiger charge is -1.95. The zero-order valence-electron chi connectivity index (χ0n) is 6.22. The lowest BCUT2D eigenvalue weighted by Crippen LogP contribution is -2.29. The Hall–Kier alpha value is -1.52. The lowest BCUT2D eigenvalue weighted by atomic mass is 10.6. The predicted octanol–water partition coefficient (Wildman–Crippen LogP) is -0.114. The van der Waals surface area contributed by atoms with Gasteiger partial charge in [-0.1, -0.05) is 0 Å². The van der Waals surface area contributed by atoms with E-state index in [4.69, 9.17) is 5.73 Å². The van der Waals surface area contributed by atoms with Gasteiger partial charge in [0, 0.05) is 11.9 Å². The third-order valence-corrected chi connectivity index (χ3v) is 1.19. The van der Waals surface area contributed by atoms with Gasteiger partial charge in [0.05, 0.1) is 6.54 Å². The van der Waals surface area contributed by atoms with E-state index in [2.05, 4.69) is 15.3 Å². The highest BCUT2D eigenvalue weighted by Gasteiger charge is 1.97. The van der Waals surface area contributed by atoms with Crippen molar-refractivity contribution in [3.63, 3.8) is 0 Å². The first-order chi connectivity index (χ1) is 5.18. The summed E-state index contributed by atoms with van der Waals surface area (Å²) in [5.74, 6) is 0.710. The number of hydrogen-bond acceptors (Lipinski definition) is 2. The van der Waals surface area contributed by atoms with E-state index in [0.717, 1.165) is 5.69 Å². The number of nitrogens with two attached hydrogens (primary N) is 1. The minimum absolute atomic E-state index is 0.350. The van der Waals surface area contributed by atoms with Gasteiger partial charge in [0.25, 0.3) is 0 Å². The zero-order valence-corrected chi connectivity index (χ0v) is 6.22. The van der Waals surface area contributed by atoms with E-state index in [1.165, 1.54) is 0 Å². The number of aromatic amines is 1. The second kappa shape index (κ2) is 3.05. The van der Waals surface area contributed by atoms with E-state index in [0.29, 0.717) is 12.4 Å². The number of amides is 2. The molecule has 0 spiro atoms. The van der Waals surface area contributed by atoms with Gasteiger partial charge in [0.1, 0.15) is 5.82 Å². The quantitative estimate of drug-likeness (QED) is 0.555. The van der Waals surface area contributed by atoms with Crippen molar-refractivity contribution >= 4 is 6.03 Å². The number of aromatic nitrogens is 2. The van der Waals surface area contributed by atoms with E-state index in [9.17, 15) is 4.79 Å². The largest absolute Gasteiger partial charge is 0.352 e. The Morgan fingerprint density at radius 2 is 2.64 bits per heavy atom. The average molecular weight is 154 g/mol. The van der Waals surface area contributed by atoms with Crippen LogP contribution in [0.15, 0.2) is 6.20 Å². The van der Waals surface area contributed by atoms with E-state index < -0.39 is 6.03 Å². The van der Waals surface area contributed by atoms with Crippen LogP contribution in [-0.4, -0.2) is 16.0 Å². The standard InChI is InChI=1S/C6H10N4O/c1-4-2-8-5(10-4)3-9-6(7)11/h2H,3H2,1H3,(H,8,10)(H3,7,9,11). The first kappa shape index (κ1) is 7.59. The second-order valence-corrected chi connectivity index (χ2v) is 2.23. The van der Waals surface area contributed by atoms with Gasteiger partial charge in [-0.15, -0.1) is 0 Å². The molecule has 1 aromatic heterocycles. The highest BCUT2D eigenvalue weighted by Crippen LogP contribution is 1.92. The molecule has 1 heterocycles. The highest BCUT2D eigenvalue weighted by atomic mass is 16.2. The van der Waals surface area contributed by atoms with Gasteiger partial charge >= 0.3 is 6.03 Å². The van der Waals surface area contributed by atoms with Crippen molar-refractivity contribution in [2.45, 2.75) is 13.5 Å². The van der Waals surface area contributed by atoms with Crippen molar-refractivity contribution in [2.75, 3.05) is 0 Å². The summed E-state index contributed by atoms with van der Waals surface area (Å²) in [5, 5.41) is 2.42. The Bertz CT molecular complexity index is 255. The summed E-state index contributed by atoms with van der Waals surface area (Å²) in [7, 11) is 0. The first-order valence-electron chi connectivity index (χ1n) is 3.22. The number of imidazole rings is 1. The summed E-state index contributed by atoms with van der Waals surface area (Å²) >= 11 is 0. The Morgan fingerprint density at radius 1 is 1.91 bits per heavy atom. The molecule has 0 atom stereocenters. The van der Waals surface area contributed by atoms with Crippen molar-refractivity contribution in [1.82, 2.24) is 15.3 Å². The molecular weight excluding hydrogens is 144 g/mol. The molecule has 0 aromatic carbocycles. The fraction of sp³-hybridized carbons (Fsp3) is 0.333. The maximum absolute atomic E-state index is 10.2. The van der Waals surface area contributed by atoms with Gasteiger partial charge in [-0.3, -0.25) is 0 Å². The highest BCUT2D eigenvalue weighted by molar-refractivity contribution is 5.71. The zero-order chi connectivity index (χ0) is 8.27. The van der Waals surface area contributed by atoms with E-state index in [1.54, 1.807) is 6.20 Å². The summed E-state index contributed by atoms with van der Waals surface area (Å²) < 4.78 is 0. The Kier molecular flexibility index (Phi) is 2.10. The number of nitrogens with zero attached hydrogens (tertiary/aromatic N) is 1. The number of H-pyrrole nitrogens is 1. The van der Waals surface area contributed by atoms with Crippen LogP contribution in [0.4, 0.5) is 4.79 Å². The molecule has 0 saturated heterocycles. The van der Waals surface area contributed by atoms with Crippen molar-refractivity contribution in [1.29, 1.82) is 0 Å². The van der Waals surface area contributed by atoms with Crippen LogP contribution >= 0.6 is 0 Å². The third kappa shape index (κ3) is 2.29. The summed E-state index contributed by atoms with van der Waals surface area (Å²) in [4.78, 5) is 17.2.